The Hall–Kier alpha value is -3.21. The fraction of sp³-hybridized carbons (Fsp3) is 0.391. The molecule has 1 atom stereocenters. The maximum absolute atomic E-state index is 13.2. The van der Waals surface area contributed by atoms with Crippen molar-refractivity contribution in [3.05, 3.63) is 58.7 Å². The predicted molar refractivity (Wildman–Crippen MR) is 108 cm³/mol. The van der Waals surface area contributed by atoms with Gasteiger partial charge in [0.25, 0.3) is 5.91 Å². The van der Waals surface area contributed by atoms with Gasteiger partial charge in [-0.3, -0.25) is 4.79 Å². The first-order chi connectivity index (χ1) is 14.7. The van der Waals surface area contributed by atoms with E-state index in [9.17, 15) is 18.0 Å². The molecular weight excluding hydrogens is 409 g/mol. The molecule has 31 heavy (non-hydrogen) atoms. The first-order valence-corrected chi connectivity index (χ1v) is 9.97. The summed E-state index contributed by atoms with van der Waals surface area (Å²) in [6.07, 6.45) is -4.52. The van der Waals surface area contributed by atoms with Gasteiger partial charge in [-0.1, -0.05) is 26.0 Å². The maximum Gasteiger partial charge on any atom is 0.417 e. The lowest BCUT2D eigenvalue weighted by atomic mass is 10.0. The van der Waals surface area contributed by atoms with Crippen LogP contribution in [0.2, 0.25) is 0 Å². The van der Waals surface area contributed by atoms with Crippen LogP contribution in [0.15, 0.2) is 36.4 Å². The molecule has 0 aromatic heterocycles. The van der Waals surface area contributed by atoms with Crippen molar-refractivity contribution in [1.82, 2.24) is 5.32 Å². The number of nitrogens with one attached hydrogen (secondary N) is 1. The number of carbonyl (C=O) groups excluding carboxylic acids is 1. The summed E-state index contributed by atoms with van der Waals surface area (Å²) in [4.78, 5) is 12.8. The number of benzene rings is 2. The third-order valence-electron chi connectivity index (χ3n) is 4.89. The highest BCUT2D eigenvalue weighted by Gasteiger charge is 2.34. The van der Waals surface area contributed by atoms with Crippen molar-refractivity contribution in [1.29, 1.82) is 5.26 Å². The Morgan fingerprint density at radius 3 is 2.71 bits per heavy atom. The molecule has 1 unspecified atom stereocenters. The third-order valence-corrected chi connectivity index (χ3v) is 4.89. The van der Waals surface area contributed by atoms with Gasteiger partial charge in [0.05, 0.1) is 23.8 Å². The van der Waals surface area contributed by atoms with E-state index in [1.807, 2.05) is 32.0 Å². The van der Waals surface area contributed by atoms with Crippen LogP contribution in [0.4, 0.5) is 13.2 Å². The molecule has 5 nitrogen and oxygen atoms in total. The standard InChI is InChI=1S/C23H23F3N2O3/c1-14(2)9-21(31-18-5-4-17(12-27)19(11-18)23(24,25)26)22(29)28-13-15-3-6-20-16(10-15)7-8-30-20/h3-6,10-11,14,21H,7-9,13H2,1-2H3,(H,28,29). The van der Waals surface area contributed by atoms with Crippen LogP contribution in [-0.2, 0) is 23.9 Å². The highest BCUT2D eigenvalue weighted by molar-refractivity contribution is 5.81. The molecule has 0 saturated carbocycles. The van der Waals surface area contributed by atoms with Crippen LogP contribution in [0.25, 0.3) is 0 Å². The van der Waals surface area contributed by atoms with E-state index in [0.717, 1.165) is 35.4 Å². The van der Waals surface area contributed by atoms with Gasteiger partial charge in [0, 0.05) is 13.0 Å². The molecule has 3 rings (SSSR count). The van der Waals surface area contributed by atoms with Crippen molar-refractivity contribution in [2.45, 2.75) is 45.5 Å². The van der Waals surface area contributed by atoms with Gasteiger partial charge >= 0.3 is 6.18 Å². The zero-order chi connectivity index (χ0) is 22.6. The van der Waals surface area contributed by atoms with E-state index >= 15 is 0 Å². The Balaban J connectivity index is 1.72. The molecule has 0 saturated heterocycles. The number of fused-ring (bicyclic) bond motifs is 1. The van der Waals surface area contributed by atoms with Crippen LogP contribution >= 0.6 is 0 Å². The minimum Gasteiger partial charge on any atom is -0.493 e. The van der Waals surface area contributed by atoms with Crippen LogP contribution < -0.4 is 14.8 Å². The summed E-state index contributed by atoms with van der Waals surface area (Å²) in [6.45, 7) is 4.69. The van der Waals surface area contributed by atoms with Crippen molar-refractivity contribution >= 4 is 5.91 Å². The van der Waals surface area contributed by atoms with Crippen molar-refractivity contribution in [3.63, 3.8) is 0 Å². The monoisotopic (exact) mass is 432 g/mol. The van der Waals surface area contributed by atoms with Gasteiger partial charge in [0.2, 0.25) is 0 Å². The maximum atomic E-state index is 13.2. The highest BCUT2D eigenvalue weighted by Crippen LogP contribution is 2.34. The van der Waals surface area contributed by atoms with Crippen molar-refractivity contribution in [2.75, 3.05) is 6.61 Å². The predicted octanol–water partition coefficient (Wildman–Crippen LogP) is 4.62. The van der Waals surface area contributed by atoms with E-state index in [0.29, 0.717) is 13.0 Å². The number of hydrogen-bond donors (Lipinski definition) is 1. The SMILES string of the molecule is CC(C)CC(Oc1ccc(C#N)c(C(F)(F)F)c1)C(=O)NCc1ccc2c(c1)CCO2. The molecule has 0 radical (unpaired) electrons. The van der Waals surface area contributed by atoms with Gasteiger partial charge < -0.3 is 14.8 Å². The minimum atomic E-state index is -4.70. The topological polar surface area (TPSA) is 71.3 Å². The number of ether oxygens (including phenoxy) is 2. The number of hydrogen-bond acceptors (Lipinski definition) is 4. The molecule has 8 heteroatoms. The van der Waals surface area contributed by atoms with Crippen LogP contribution in [-0.4, -0.2) is 18.6 Å². The molecule has 0 fully saturated rings. The highest BCUT2D eigenvalue weighted by atomic mass is 19.4. The average Bonchev–Trinajstić information content (AvgIpc) is 3.18. The van der Waals surface area contributed by atoms with Gasteiger partial charge in [-0.2, -0.15) is 18.4 Å². The Labute approximate surface area is 178 Å². The summed E-state index contributed by atoms with van der Waals surface area (Å²) in [5.41, 5.74) is 0.402. The molecule has 2 aromatic carbocycles. The number of nitriles is 1. The van der Waals surface area contributed by atoms with E-state index in [4.69, 9.17) is 14.7 Å². The van der Waals surface area contributed by atoms with Crippen molar-refractivity contribution < 1.29 is 27.4 Å². The second kappa shape index (κ2) is 9.29. The Morgan fingerprint density at radius 2 is 2.03 bits per heavy atom. The number of amides is 1. The molecule has 0 spiro atoms. The summed E-state index contributed by atoms with van der Waals surface area (Å²) in [7, 11) is 0. The first kappa shape index (κ1) is 22.5. The van der Waals surface area contributed by atoms with E-state index in [2.05, 4.69) is 5.32 Å². The molecule has 0 aliphatic carbocycles. The van der Waals surface area contributed by atoms with Crippen molar-refractivity contribution in [3.8, 4) is 17.6 Å². The zero-order valence-corrected chi connectivity index (χ0v) is 17.3. The zero-order valence-electron chi connectivity index (χ0n) is 17.3. The van der Waals surface area contributed by atoms with Crippen LogP contribution in [0.1, 0.15) is 42.5 Å². The molecule has 164 valence electrons. The average molecular weight is 432 g/mol. The summed E-state index contributed by atoms with van der Waals surface area (Å²) in [5, 5.41) is 11.7. The molecule has 1 amide bonds. The lowest BCUT2D eigenvalue weighted by Crippen LogP contribution is -2.39. The second-order valence-electron chi connectivity index (χ2n) is 7.81. The van der Waals surface area contributed by atoms with Gasteiger partial charge in [-0.15, -0.1) is 0 Å². The van der Waals surface area contributed by atoms with E-state index in [1.165, 1.54) is 12.1 Å². The molecule has 1 aliphatic rings. The van der Waals surface area contributed by atoms with Gasteiger partial charge in [-0.05, 0) is 47.7 Å². The summed E-state index contributed by atoms with van der Waals surface area (Å²) >= 11 is 0. The number of halogens is 3. The van der Waals surface area contributed by atoms with Gasteiger partial charge in [0.1, 0.15) is 11.5 Å². The third kappa shape index (κ3) is 5.69. The van der Waals surface area contributed by atoms with E-state index in [1.54, 1.807) is 0 Å². The van der Waals surface area contributed by atoms with E-state index < -0.39 is 29.3 Å². The first-order valence-electron chi connectivity index (χ1n) is 9.97. The smallest absolute Gasteiger partial charge is 0.417 e. The van der Waals surface area contributed by atoms with Gasteiger partial charge in [0.15, 0.2) is 6.10 Å². The number of rotatable bonds is 7. The van der Waals surface area contributed by atoms with Crippen LogP contribution in [0.3, 0.4) is 0 Å². The molecule has 1 aliphatic heterocycles. The quantitative estimate of drug-likeness (QED) is 0.693. The summed E-state index contributed by atoms with van der Waals surface area (Å²) < 4.78 is 50.8. The normalized spacial score (nSPS) is 13.8. The van der Waals surface area contributed by atoms with E-state index in [-0.39, 0.29) is 18.2 Å². The number of carbonyl (C=O) groups is 1. The Bertz CT molecular complexity index is 997. The van der Waals surface area contributed by atoms with Gasteiger partial charge in [-0.25, -0.2) is 0 Å². The Morgan fingerprint density at radius 1 is 1.26 bits per heavy atom. The molecule has 0 bridgehead atoms. The number of nitrogens with zero attached hydrogens (tertiary/aromatic N) is 1. The molecule has 2 aromatic rings. The fourth-order valence-electron chi connectivity index (χ4n) is 3.38. The largest absolute Gasteiger partial charge is 0.493 e. The van der Waals surface area contributed by atoms with Crippen molar-refractivity contribution in [2.24, 2.45) is 5.92 Å². The fourth-order valence-corrected chi connectivity index (χ4v) is 3.38. The second-order valence-corrected chi connectivity index (χ2v) is 7.81. The molecular formula is C23H23F3N2O3. The molecule has 1 N–H and O–H groups in total. The van der Waals surface area contributed by atoms with Crippen LogP contribution in [0.5, 0.6) is 11.5 Å². The summed E-state index contributed by atoms with van der Waals surface area (Å²) in [6, 6.07) is 10.3. The number of alkyl halides is 3. The Kier molecular flexibility index (Phi) is 6.74. The van der Waals surface area contributed by atoms with Crippen LogP contribution in [0, 0.1) is 17.2 Å². The lowest BCUT2D eigenvalue weighted by Gasteiger charge is -2.21. The minimum absolute atomic E-state index is 0.0772. The molecule has 1 heterocycles. The lowest BCUT2D eigenvalue weighted by molar-refractivity contribution is -0.137. The summed E-state index contributed by atoms with van der Waals surface area (Å²) in [5.74, 6) is 0.399.